The van der Waals surface area contributed by atoms with Gasteiger partial charge in [-0.3, -0.25) is 19.3 Å². The van der Waals surface area contributed by atoms with Crippen LogP contribution in [0.5, 0.6) is 0 Å². The lowest BCUT2D eigenvalue weighted by Gasteiger charge is -2.33. The highest BCUT2D eigenvalue weighted by molar-refractivity contribution is 7.21. The molecule has 2 aromatic carbocycles. The van der Waals surface area contributed by atoms with Crippen molar-refractivity contribution in [2.75, 3.05) is 24.6 Å². The number of piperidine rings is 1. The van der Waals surface area contributed by atoms with Gasteiger partial charge in [0.05, 0.1) is 40.9 Å². The Morgan fingerprint density at radius 3 is 2.56 bits per heavy atom. The fraction of sp³-hybridized carbons (Fsp3) is 0.385. The number of esters is 1. The number of ether oxygens (including phenoxy) is 1. The molecule has 2 amide bonds. The van der Waals surface area contributed by atoms with E-state index in [1.54, 1.807) is 18.3 Å². The van der Waals surface area contributed by atoms with Crippen LogP contribution in [0, 0.1) is 12.8 Å². The van der Waals surface area contributed by atoms with Gasteiger partial charge in [0.25, 0.3) is 5.91 Å². The quantitative estimate of drug-likeness (QED) is 0.405. The van der Waals surface area contributed by atoms with E-state index in [-0.39, 0.29) is 30.1 Å². The van der Waals surface area contributed by atoms with Crippen LogP contribution in [-0.2, 0) is 19.1 Å². The van der Waals surface area contributed by atoms with Crippen LogP contribution >= 0.6 is 11.3 Å². The molecule has 1 atom stereocenters. The fourth-order valence-corrected chi connectivity index (χ4v) is 5.86. The Bertz CT molecular complexity index is 1240. The number of hydrogen-bond donors (Lipinski definition) is 0. The van der Waals surface area contributed by atoms with Gasteiger partial charge in [0, 0.05) is 5.56 Å². The van der Waals surface area contributed by atoms with Gasteiger partial charge in [-0.2, -0.15) is 0 Å². The number of anilines is 1. The second kappa shape index (κ2) is 9.27. The molecule has 7 nitrogen and oxygen atoms in total. The van der Waals surface area contributed by atoms with E-state index in [1.165, 1.54) is 10.5 Å². The van der Waals surface area contributed by atoms with Crippen molar-refractivity contribution in [3.05, 3.63) is 48.0 Å². The number of carbonyl (C=O) groups excluding carboxylic acids is 3. The lowest BCUT2D eigenvalue weighted by Crippen LogP contribution is -2.47. The van der Waals surface area contributed by atoms with Gasteiger partial charge in [0.15, 0.2) is 0 Å². The van der Waals surface area contributed by atoms with Gasteiger partial charge in [0.2, 0.25) is 5.91 Å². The van der Waals surface area contributed by atoms with Crippen LogP contribution in [0.25, 0.3) is 20.8 Å². The molecule has 3 aromatic rings. The van der Waals surface area contributed by atoms with Crippen molar-refractivity contribution in [1.29, 1.82) is 0 Å². The predicted octanol–water partition coefficient (Wildman–Crippen LogP) is 4.18. The number of carbonyl (C=O) groups is 3. The summed E-state index contributed by atoms with van der Waals surface area (Å²) in [6, 6.07) is 13.2. The molecule has 2 aliphatic heterocycles. The van der Waals surface area contributed by atoms with Gasteiger partial charge in [-0.15, -0.1) is 11.3 Å². The number of imide groups is 1. The van der Waals surface area contributed by atoms with Crippen molar-refractivity contribution in [2.24, 2.45) is 5.92 Å². The summed E-state index contributed by atoms with van der Waals surface area (Å²) in [5.74, 6) is -0.673. The van der Waals surface area contributed by atoms with Gasteiger partial charge in [-0.05, 0) is 81.7 Å². The lowest BCUT2D eigenvalue weighted by molar-refractivity contribution is -0.149. The van der Waals surface area contributed by atoms with E-state index in [4.69, 9.17) is 9.72 Å². The molecular formula is C26H27N3O4S. The Kier molecular flexibility index (Phi) is 6.18. The van der Waals surface area contributed by atoms with Gasteiger partial charge >= 0.3 is 5.97 Å². The molecule has 0 radical (unpaired) electrons. The highest BCUT2D eigenvalue weighted by Gasteiger charge is 2.44. The fourth-order valence-electron chi connectivity index (χ4n) is 4.79. The number of likely N-dealkylation sites (tertiary alicyclic amines) is 1. The first kappa shape index (κ1) is 22.7. The maximum atomic E-state index is 13.2. The van der Waals surface area contributed by atoms with Gasteiger partial charge in [-0.25, -0.2) is 9.88 Å². The molecule has 2 aliphatic rings. The second-order valence-electron chi connectivity index (χ2n) is 8.89. The van der Waals surface area contributed by atoms with Gasteiger partial charge < -0.3 is 4.74 Å². The Hall–Kier alpha value is -3.10. The van der Waals surface area contributed by atoms with Crippen LogP contribution in [0.1, 0.15) is 31.7 Å². The molecule has 1 aromatic heterocycles. The molecule has 8 heteroatoms. The number of fused-ring (bicyclic) bond motifs is 1. The molecule has 34 heavy (non-hydrogen) atoms. The highest BCUT2D eigenvalue weighted by atomic mass is 32.1. The number of rotatable bonds is 5. The summed E-state index contributed by atoms with van der Waals surface area (Å²) in [6.45, 7) is 5.46. The minimum atomic E-state index is -0.470. The number of nitrogens with zero attached hydrogens (tertiary/aromatic N) is 3. The van der Waals surface area contributed by atoms with Crippen molar-refractivity contribution in [1.82, 2.24) is 9.88 Å². The normalized spacial score (nSPS) is 19.8. The molecule has 176 valence electrons. The van der Waals surface area contributed by atoms with Crippen LogP contribution < -0.4 is 4.90 Å². The average molecular weight is 478 g/mol. The molecule has 5 rings (SSSR count). The Labute approximate surface area is 202 Å². The molecule has 0 N–H and O–H groups in total. The van der Waals surface area contributed by atoms with E-state index in [2.05, 4.69) is 19.1 Å². The van der Waals surface area contributed by atoms with E-state index in [1.807, 2.05) is 35.2 Å². The monoisotopic (exact) mass is 477 g/mol. The predicted molar refractivity (Wildman–Crippen MR) is 132 cm³/mol. The van der Waals surface area contributed by atoms with E-state index in [0.717, 1.165) is 20.8 Å². The van der Waals surface area contributed by atoms with E-state index in [0.29, 0.717) is 38.2 Å². The van der Waals surface area contributed by atoms with E-state index < -0.39 is 6.04 Å². The standard InChI is InChI=1S/C26H27N3O4S/c1-3-33-26(32)18-10-12-28(13-11-18)21-15-23(30)29(25(21)31)19-7-5-17(6-8-19)24-27-20-9-4-16(2)14-22(20)34-24/h4-9,14,18,21H,3,10-13,15H2,1-2H3/t21-/m0/s1. The summed E-state index contributed by atoms with van der Waals surface area (Å²) in [5, 5.41) is 0.911. The first-order chi connectivity index (χ1) is 16.4. The average Bonchev–Trinajstić information content (AvgIpc) is 3.39. The summed E-state index contributed by atoms with van der Waals surface area (Å²) in [4.78, 5) is 46.0. The largest absolute Gasteiger partial charge is 0.466 e. The lowest BCUT2D eigenvalue weighted by atomic mass is 9.95. The molecule has 2 saturated heterocycles. The Balaban J connectivity index is 1.28. The van der Waals surface area contributed by atoms with Crippen LogP contribution in [0.15, 0.2) is 42.5 Å². The maximum absolute atomic E-state index is 13.2. The van der Waals surface area contributed by atoms with Crippen molar-refractivity contribution in [3.8, 4) is 10.6 Å². The number of aromatic nitrogens is 1. The van der Waals surface area contributed by atoms with Gasteiger partial charge in [0.1, 0.15) is 5.01 Å². The van der Waals surface area contributed by atoms with Crippen molar-refractivity contribution in [2.45, 2.75) is 39.2 Å². The van der Waals surface area contributed by atoms with Gasteiger partial charge in [-0.1, -0.05) is 6.07 Å². The SMILES string of the molecule is CCOC(=O)C1CCN([C@H]2CC(=O)N(c3ccc(-c4nc5ccc(C)cc5s4)cc3)C2=O)CC1. The third-order valence-electron chi connectivity index (χ3n) is 6.63. The molecule has 0 aliphatic carbocycles. The molecular weight excluding hydrogens is 450 g/mol. The summed E-state index contributed by atoms with van der Waals surface area (Å²) < 4.78 is 6.27. The minimum Gasteiger partial charge on any atom is -0.466 e. The number of aryl methyl sites for hydroxylation is 1. The summed E-state index contributed by atoms with van der Waals surface area (Å²) in [7, 11) is 0. The summed E-state index contributed by atoms with van der Waals surface area (Å²) in [5.41, 5.74) is 3.71. The summed E-state index contributed by atoms with van der Waals surface area (Å²) >= 11 is 1.63. The van der Waals surface area contributed by atoms with Crippen LogP contribution in [-0.4, -0.2) is 53.4 Å². The zero-order valence-electron chi connectivity index (χ0n) is 19.3. The number of amides is 2. The smallest absolute Gasteiger partial charge is 0.309 e. The van der Waals surface area contributed by atoms with Crippen molar-refractivity contribution in [3.63, 3.8) is 0 Å². The third-order valence-corrected chi connectivity index (χ3v) is 7.70. The highest BCUT2D eigenvalue weighted by Crippen LogP contribution is 2.33. The van der Waals surface area contributed by atoms with E-state index in [9.17, 15) is 14.4 Å². The number of hydrogen-bond acceptors (Lipinski definition) is 7. The molecule has 0 spiro atoms. The molecule has 0 bridgehead atoms. The first-order valence-corrected chi connectivity index (χ1v) is 12.5. The molecule has 0 saturated carbocycles. The summed E-state index contributed by atoms with van der Waals surface area (Å²) in [6.07, 6.45) is 1.46. The molecule has 2 fully saturated rings. The Morgan fingerprint density at radius 2 is 1.85 bits per heavy atom. The zero-order chi connectivity index (χ0) is 23.8. The van der Waals surface area contributed by atoms with Crippen LogP contribution in [0.2, 0.25) is 0 Å². The number of benzene rings is 2. The minimum absolute atomic E-state index is 0.126. The van der Waals surface area contributed by atoms with Crippen molar-refractivity contribution < 1.29 is 19.1 Å². The Morgan fingerprint density at radius 1 is 1.12 bits per heavy atom. The molecule has 3 heterocycles. The van der Waals surface area contributed by atoms with Crippen LogP contribution in [0.4, 0.5) is 5.69 Å². The first-order valence-electron chi connectivity index (χ1n) is 11.7. The van der Waals surface area contributed by atoms with Crippen LogP contribution in [0.3, 0.4) is 0 Å². The third kappa shape index (κ3) is 4.23. The second-order valence-corrected chi connectivity index (χ2v) is 9.92. The topological polar surface area (TPSA) is 79.8 Å². The zero-order valence-corrected chi connectivity index (χ0v) is 20.1. The molecule has 0 unspecified atom stereocenters. The number of thiazole rings is 1. The van der Waals surface area contributed by atoms with E-state index >= 15 is 0 Å². The van der Waals surface area contributed by atoms with Crippen molar-refractivity contribution >= 4 is 45.0 Å². The maximum Gasteiger partial charge on any atom is 0.309 e.